The quantitative estimate of drug-likeness (QED) is 0.570. The number of hydrogen-bond donors (Lipinski definition) is 0. The topological polar surface area (TPSA) is 17.1 Å². The Morgan fingerprint density at radius 3 is 2.60 bits per heavy atom. The zero-order chi connectivity index (χ0) is 10.7. The van der Waals surface area contributed by atoms with E-state index in [9.17, 15) is 4.79 Å². The van der Waals surface area contributed by atoms with E-state index in [2.05, 4.69) is 18.2 Å². The molecule has 0 amide bonds. The van der Waals surface area contributed by atoms with Gasteiger partial charge in [0, 0.05) is 9.81 Å². The van der Waals surface area contributed by atoms with E-state index in [1.54, 1.807) is 34.6 Å². The number of allylic oxidation sites excluding steroid dienone is 2. The van der Waals surface area contributed by atoms with Crippen LogP contribution in [-0.2, 0) is 4.79 Å². The van der Waals surface area contributed by atoms with Crippen LogP contribution in [0, 0.1) is 0 Å². The maximum absolute atomic E-state index is 10.9. The molecule has 0 radical (unpaired) electrons. The summed E-state index contributed by atoms with van der Waals surface area (Å²) in [5, 5.41) is 0. The molecule has 0 aromatic heterocycles. The van der Waals surface area contributed by atoms with E-state index in [1.165, 1.54) is 10.5 Å². The highest BCUT2D eigenvalue weighted by Crippen LogP contribution is 2.49. The maximum atomic E-state index is 10.9. The third kappa shape index (κ3) is 2.76. The maximum Gasteiger partial charge on any atom is 0.153 e. The van der Waals surface area contributed by atoms with Crippen molar-refractivity contribution >= 4 is 32.3 Å². The number of benzene rings is 1. The molecule has 0 bridgehead atoms. The molecular weight excluding hydrogens is 224 g/mol. The third-order valence-electron chi connectivity index (χ3n) is 1.90. The monoisotopic (exact) mass is 234 g/mol. The summed E-state index contributed by atoms with van der Waals surface area (Å²) in [6, 6.07) is 10.2. The van der Waals surface area contributed by atoms with E-state index in [4.69, 9.17) is 0 Å². The fourth-order valence-corrected chi connectivity index (χ4v) is 3.60. The first-order chi connectivity index (χ1) is 7.25. The van der Waals surface area contributed by atoms with Gasteiger partial charge in [-0.25, -0.2) is 0 Å². The predicted octanol–water partition coefficient (Wildman–Crippen LogP) is 3.90. The van der Waals surface area contributed by atoms with Crippen LogP contribution in [0.3, 0.4) is 0 Å². The number of carbonyl (C=O) groups excluding carboxylic acids is 1. The molecule has 1 aliphatic rings. The van der Waals surface area contributed by atoms with Gasteiger partial charge < -0.3 is 0 Å². The van der Waals surface area contributed by atoms with Crippen LogP contribution >= 0.6 is 21.6 Å². The summed E-state index contributed by atoms with van der Waals surface area (Å²) in [5.74, 6) is 0.101. The number of hydrogen-bond acceptors (Lipinski definition) is 3. The van der Waals surface area contributed by atoms with Crippen molar-refractivity contribution in [3.8, 4) is 0 Å². The molecule has 1 aliphatic heterocycles. The minimum absolute atomic E-state index is 0.101. The highest BCUT2D eigenvalue weighted by Gasteiger charge is 2.12. The van der Waals surface area contributed by atoms with Gasteiger partial charge in [0.25, 0.3) is 0 Å². The molecule has 3 heteroatoms. The van der Waals surface area contributed by atoms with Crippen LogP contribution in [-0.4, -0.2) is 5.78 Å². The Morgan fingerprint density at radius 2 is 1.93 bits per heavy atom. The first kappa shape index (κ1) is 10.6. The van der Waals surface area contributed by atoms with E-state index >= 15 is 0 Å². The van der Waals surface area contributed by atoms with Gasteiger partial charge in [0.1, 0.15) is 0 Å². The van der Waals surface area contributed by atoms with Crippen LogP contribution in [0.5, 0.6) is 0 Å². The minimum Gasteiger partial charge on any atom is -0.295 e. The first-order valence-electron chi connectivity index (χ1n) is 4.59. The van der Waals surface area contributed by atoms with E-state index in [-0.39, 0.29) is 5.78 Å². The average Bonchev–Trinajstić information content (AvgIpc) is 2.67. The smallest absolute Gasteiger partial charge is 0.153 e. The van der Waals surface area contributed by atoms with Gasteiger partial charge >= 0.3 is 0 Å². The van der Waals surface area contributed by atoms with E-state index in [0.717, 1.165) is 4.91 Å². The second kappa shape index (κ2) is 4.73. The summed E-state index contributed by atoms with van der Waals surface area (Å²) in [5.41, 5.74) is 1.21. The first-order valence-corrected chi connectivity index (χ1v) is 6.74. The van der Waals surface area contributed by atoms with Gasteiger partial charge in [0.2, 0.25) is 0 Å². The SMILES string of the molecule is CC(=O)/C=C1/C=C(c2ccccc2)SS1. The van der Waals surface area contributed by atoms with Crippen LogP contribution in [0.25, 0.3) is 4.91 Å². The van der Waals surface area contributed by atoms with Crippen molar-refractivity contribution in [3.63, 3.8) is 0 Å². The molecule has 1 aromatic rings. The van der Waals surface area contributed by atoms with Crippen molar-refractivity contribution < 1.29 is 4.79 Å². The largest absolute Gasteiger partial charge is 0.295 e. The zero-order valence-corrected chi connectivity index (χ0v) is 9.90. The molecule has 2 rings (SSSR count). The summed E-state index contributed by atoms with van der Waals surface area (Å²) in [4.78, 5) is 13.2. The van der Waals surface area contributed by atoms with E-state index in [1.807, 2.05) is 18.2 Å². The van der Waals surface area contributed by atoms with Crippen LogP contribution in [0.15, 0.2) is 47.4 Å². The molecule has 0 aliphatic carbocycles. The Bertz CT molecular complexity index is 432. The van der Waals surface area contributed by atoms with E-state index < -0.39 is 0 Å². The summed E-state index contributed by atoms with van der Waals surface area (Å²) in [6.45, 7) is 1.58. The Morgan fingerprint density at radius 1 is 1.20 bits per heavy atom. The second-order valence-corrected chi connectivity index (χ2v) is 5.44. The van der Waals surface area contributed by atoms with Gasteiger partial charge in [-0.1, -0.05) is 51.9 Å². The van der Waals surface area contributed by atoms with Crippen molar-refractivity contribution in [1.82, 2.24) is 0 Å². The molecule has 76 valence electrons. The molecule has 1 aromatic carbocycles. The molecule has 0 saturated carbocycles. The highest BCUT2D eigenvalue weighted by molar-refractivity contribution is 8.82. The van der Waals surface area contributed by atoms with Gasteiger partial charge in [0.05, 0.1) is 0 Å². The minimum atomic E-state index is 0.101. The second-order valence-electron chi connectivity index (χ2n) is 3.20. The average molecular weight is 234 g/mol. The molecule has 0 N–H and O–H groups in total. The standard InChI is InChI=1S/C12H10OS2/c1-9(13)7-11-8-12(15-14-11)10-5-3-2-4-6-10/h2-8H,1H3/b11-7-. The number of ketones is 1. The number of carbonyl (C=O) groups is 1. The molecule has 0 unspecified atom stereocenters. The van der Waals surface area contributed by atoms with Crippen molar-refractivity contribution in [2.45, 2.75) is 6.92 Å². The Hall–Kier alpha value is -0.930. The predicted molar refractivity (Wildman–Crippen MR) is 68.4 cm³/mol. The molecule has 15 heavy (non-hydrogen) atoms. The summed E-state index contributed by atoms with van der Waals surface area (Å²) in [7, 11) is 3.34. The summed E-state index contributed by atoms with van der Waals surface area (Å²) in [6.07, 6.45) is 3.74. The lowest BCUT2D eigenvalue weighted by Gasteiger charge is -1.97. The third-order valence-corrected chi connectivity index (χ3v) is 4.32. The molecule has 0 atom stereocenters. The normalized spacial score (nSPS) is 17.9. The molecule has 1 heterocycles. The lowest BCUT2D eigenvalue weighted by Crippen LogP contribution is -1.81. The highest BCUT2D eigenvalue weighted by atomic mass is 33.1. The van der Waals surface area contributed by atoms with Crippen molar-refractivity contribution in [1.29, 1.82) is 0 Å². The van der Waals surface area contributed by atoms with Gasteiger partial charge in [-0.05, 0) is 24.6 Å². The van der Waals surface area contributed by atoms with Crippen molar-refractivity contribution in [3.05, 3.63) is 53.0 Å². The molecule has 0 saturated heterocycles. The number of rotatable bonds is 2. The van der Waals surface area contributed by atoms with Crippen LogP contribution in [0.4, 0.5) is 0 Å². The molecule has 0 spiro atoms. The van der Waals surface area contributed by atoms with Crippen molar-refractivity contribution in [2.24, 2.45) is 0 Å². The molecule has 0 fully saturated rings. The Balaban J connectivity index is 2.24. The zero-order valence-electron chi connectivity index (χ0n) is 8.27. The van der Waals surface area contributed by atoms with Gasteiger partial charge in [-0.3, -0.25) is 4.79 Å². The van der Waals surface area contributed by atoms with Crippen LogP contribution in [0.2, 0.25) is 0 Å². The van der Waals surface area contributed by atoms with Crippen molar-refractivity contribution in [2.75, 3.05) is 0 Å². The lowest BCUT2D eigenvalue weighted by molar-refractivity contribution is -0.112. The summed E-state index contributed by atoms with van der Waals surface area (Å²) >= 11 is 0. The van der Waals surface area contributed by atoms with E-state index in [0.29, 0.717) is 0 Å². The Labute approximate surface area is 97.0 Å². The van der Waals surface area contributed by atoms with Gasteiger partial charge in [-0.2, -0.15) is 0 Å². The van der Waals surface area contributed by atoms with Gasteiger partial charge in [0.15, 0.2) is 5.78 Å². The summed E-state index contributed by atoms with van der Waals surface area (Å²) < 4.78 is 0. The lowest BCUT2D eigenvalue weighted by atomic mass is 10.2. The molecule has 1 nitrogen and oxygen atoms in total. The van der Waals surface area contributed by atoms with Gasteiger partial charge in [-0.15, -0.1) is 0 Å². The fourth-order valence-electron chi connectivity index (χ4n) is 1.27. The van der Waals surface area contributed by atoms with Crippen LogP contribution < -0.4 is 0 Å². The Kier molecular flexibility index (Phi) is 3.34. The molecular formula is C12H10OS2. The fraction of sp³-hybridized carbons (Fsp3) is 0.0833. The van der Waals surface area contributed by atoms with Crippen LogP contribution in [0.1, 0.15) is 12.5 Å².